The van der Waals surface area contributed by atoms with E-state index >= 15 is 0 Å². The van der Waals surface area contributed by atoms with Gasteiger partial charge in [-0.1, -0.05) is 0 Å². The van der Waals surface area contributed by atoms with Gasteiger partial charge in [-0.15, -0.1) is 0 Å². The van der Waals surface area contributed by atoms with Crippen molar-refractivity contribution in [2.45, 2.75) is 88.8 Å². The van der Waals surface area contributed by atoms with Crippen LogP contribution in [-0.2, 0) is 30.4 Å². The van der Waals surface area contributed by atoms with Gasteiger partial charge in [0.05, 0.1) is 10.5 Å². The number of hydrogen-bond acceptors (Lipinski definition) is 7. The van der Waals surface area contributed by atoms with Crippen molar-refractivity contribution in [1.29, 1.82) is 0 Å². The zero-order chi connectivity index (χ0) is 23.7. The SMILES string of the molecule is CC(C[Si](C)(C)O[Si](C)(C)O[Si](C)(C)O[Si](C)(C)CC(C)S(=O)(=O)Cl)S(=O)(=O)Cl. The molecule has 176 valence electrons. The first-order valence-electron chi connectivity index (χ1n) is 9.35. The van der Waals surface area contributed by atoms with Crippen LogP contribution in [0.5, 0.6) is 0 Å². The highest BCUT2D eigenvalue weighted by Gasteiger charge is 2.45. The van der Waals surface area contributed by atoms with Gasteiger partial charge >= 0.3 is 17.1 Å². The summed E-state index contributed by atoms with van der Waals surface area (Å²) in [6, 6.07) is 0.736. The summed E-state index contributed by atoms with van der Waals surface area (Å²) in [5, 5.41) is -1.38. The van der Waals surface area contributed by atoms with Crippen LogP contribution in [0.2, 0.25) is 64.5 Å². The number of halogens is 2. The van der Waals surface area contributed by atoms with Crippen LogP contribution in [-0.4, -0.2) is 61.1 Å². The summed E-state index contributed by atoms with van der Waals surface area (Å²) in [4.78, 5) is 0. The van der Waals surface area contributed by atoms with Gasteiger partial charge in [0, 0.05) is 21.4 Å². The van der Waals surface area contributed by atoms with Crippen molar-refractivity contribution in [3.05, 3.63) is 0 Å². The second-order valence-electron chi connectivity index (χ2n) is 9.61. The van der Waals surface area contributed by atoms with E-state index in [1.54, 1.807) is 13.8 Å². The van der Waals surface area contributed by atoms with Gasteiger partial charge < -0.3 is 12.3 Å². The Balaban J connectivity index is 5.19. The van der Waals surface area contributed by atoms with Gasteiger partial charge in [0.25, 0.3) is 0 Å². The molecule has 0 bridgehead atoms. The molecule has 0 spiro atoms. The van der Waals surface area contributed by atoms with Crippen LogP contribution in [0.1, 0.15) is 13.8 Å². The highest BCUT2D eigenvalue weighted by atomic mass is 35.7. The van der Waals surface area contributed by atoms with E-state index in [0.29, 0.717) is 12.1 Å². The molecule has 0 heterocycles. The van der Waals surface area contributed by atoms with Gasteiger partial charge in [-0.3, -0.25) is 0 Å². The molecule has 0 saturated heterocycles. The summed E-state index contributed by atoms with van der Waals surface area (Å²) in [5.74, 6) is 0. The third-order valence-corrected chi connectivity index (χ3v) is 24.2. The topological polar surface area (TPSA) is 96.0 Å². The van der Waals surface area contributed by atoms with Crippen molar-refractivity contribution in [3.63, 3.8) is 0 Å². The van der Waals surface area contributed by atoms with Crippen molar-refractivity contribution >= 4 is 73.2 Å². The van der Waals surface area contributed by atoms with Crippen LogP contribution in [0, 0.1) is 0 Å². The number of hydrogen-bond donors (Lipinski definition) is 0. The van der Waals surface area contributed by atoms with Gasteiger partial charge in [0.2, 0.25) is 18.1 Å². The van der Waals surface area contributed by atoms with E-state index in [1.165, 1.54) is 0 Å². The molecule has 0 aromatic rings. The van der Waals surface area contributed by atoms with Crippen LogP contribution in [0.3, 0.4) is 0 Å². The minimum absolute atomic E-state index is 0.368. The predicted octanol–water partition coefficient (Wildman–Crippen LogP) is 4.76. The normalized spacial score (nSPS) is 17.2. The van der Waals surface area contributed by atoms with Crippen LogP contribution < -0.4 is 0 Å². The third kappa shape index (κ3) is 12.7. The maximum absolute atomic E-state index is 11.6. The highest BCUT2D eigenvalue weighted by molar-refractivity contribution is 8.14. The average molecular weight is 564 g/mol. The Bertz CT molecular complexity index is 707. The molecule has 0 radical (unpaired) electrons. The minimum Gasteiger partial charge on any atom is -0.436 e. The lowest BCUT2D eigenvalue weighted by Gasteiger charge is -2.41. The summed E-state index contributed by atoms with van der Waals surface area (Å²) < 4.78 is 65.4. The molecule has 0 aromatic heterocycles. The molecule has 0 N–H and O–H groups in total. The quantitative estimate of drug-likeness (QED) is 0.249. The second kappa shape index (κ2) is 10.0. The highest BCUT2D eigenvalue weighted by Crippen LogP contribution is 2.29. The molecular weight excluding hydrogens is 528 g/mol. The molecule has 0 saturated carbocycles. The lowest BCUT2D eigenvalue weighted by Crippen LogP contribution is -2.57. The average Bonchev–Trinajstić information content (AvgIpc) is 2.29. The van der Waals surface area contributed by atoms with E-state index in [2.05, 4.69) is 0 Å². The smallest absolute Gasteiger partial charge is 0.312 e. The summed E-state index contributed by atoms with van der Waals surface area (Å²) in [5.41, 5.74) is 0. The summed E-state index contributed by atoms with van der Waals surface area (Å²) in [7, 11) is -6.35. The maximum Gasteiger partial charge on any atom is 0.312 e. The van der Waals surface area contributed by atoms with Gasteiger partial charge in [-0.25, -0.2) is 16.8 Å². The minimum atomic E-state index is -3.64. The van der Waals surface area contributed by atoms with Gasteiger partial charge in [-0.05, 0) is 78.3 Å². The fourth-order valence-electron chi connectivity index (χ4n) is 3.63. The molecule has 0 fully saturated rings. The van der Waals surface area contributed by atoms with Gasteiger partial charge in [0.1, 0.15) is 0 Å². The van der Waals surface area contributed by atoms with Gasteiger partial charge in [-0.2, -0.15) is 0 Å². The molecule has 29 heavy (non-hydrogen) atoms. The molecule has 7 nitrogen and oxygen atoms in total. The Hall–Kier alpha value is 1.23. The van der Waals surface area contributed by atoms with Gasteiger partial charge in [0.15, 0.2) is 16.6 Å². The lowest BCUT2D eigenvalue weighted by molar-refractivity contribution is 0.327. The Morgan fingerprint density at radius 1 is 0.621 bits per heavy atom. The largest absolute Gasteiger partial charge is 0.436 e. The lowest BCUT2D eigenvalue weighted by atomic mass is 10.6. The fourth-order valence-corrected chi connectivity index (χ4v) is 28.7. The molecule has 15 heteroatoms. The van der Waals surface area contributed by atoms with E-state index in [-0.39, 0.29) is 0 Å². The Morgan fingerprint density at radius 2 is 0.862 bits per heavy atom. The fraction of sp³-hybridized carbons (Fsp3) is 1.00. The van der Waals surface area contributed by atoms with Crippen LogP contribution in [0.25, 0.3) is 0 Å². The molecule has 2 atom stereocenters. The maximum atomic E-state index is 11.6. The Labute approximate surface area is 190 Å². The second-order valence-corrected chi connectivity index (χ2v) is 31.6. The Kier molecular flexibility index (Phi) is 10.4. The molecule has 0 aliphatic rings. The van der Waals surface area contributed by atoms with Crippen molar-refractivity contribution in [2.75, 3.05) is 0 Å². The molecule has 0 amide bonds. The first kappa shape index (κ1) is 30.2. The van der Waals surface area contributed by atoms with E-state index < -0.39 is 62.4 Å². The summed E-state index contributed by atoms with van der Waals surface area (Å²) >= 11 is 0. The first-order valence-corrected chi connectivity index (χ1v) is 26.0. The molecule has 0 rings (SSSR count). The van der Waals surface area contributed by atoms with Crippen LogP contribution >= 0.6 is 21.4 Å². The van der Waals surface area contributed by atoms with E-state index in [4.69, 9.17) is 33.7 Å². The van der Waals surface area contributed by atoms with Crippen molar-refractivity contribution < 1.29 is 29.2 Å². The van der Waals surface area contributed by atoms with Crippen LogP contribution in [0.4, 0.5) is 0 Å². The first-order chi connectivity index (χ1) is 12.4. The molecule has 0 aromatic carbocycles. The zero-order valence-corrected chi connectivity index (χ0v) is 26.1. The monoisotopic (exact) mass is 562 g/mol. The van der Waals surface area contributed by atoms with Crippen molar-refractivity contribution in [3.8, 4) is 0 Å². The zero-order valence-electron chi connectivity index (χ0n) is 19.0. The number of rotatable bonds is 12. The molecular formula is C14H36Cl2O7S2Si4. The van der Waals surface area contributed by atoms with E-state index in [9.17, 15) is 16.8 Å². The van der Waals surface area contributed by atoms with E-state index in [0.717, 1.165) is 0 Å². The Morgan fingerprint density at radius 3 is 1.07 bits per heavy atom. The molecule has 2 unspecified atom stereocenters. The standard InChI is InChI=1S/C14H36Cl2O7S2Si4/c1-13(24(15,17)18)11-26(3,4)21-28(7,8)23-29(9,10)22-27(5,6)12-14(2)25(16,19)20/h13-14H,11-12H2,1-10H3. The van der Waals surface area contributed by atoms with E-state index in [1.807, 2.05) is 52.4 Å². The molecule has 0 aliphatic heterocycles. The van der Waals surface area contributed by atoms with Crippen LogP contribution in [0.15, 0.2) is 0 Å². The summed E-state index contributed by atoms with van der Waals surface area (Å²) in [6.07, 6.45) is 0. The summed E-state index contributed by atoms with van der Waals surface area (Å²) in [6.45, 7) is 18.6. The molecule has 0 aliphatic carbocycles. The predicted molar refractivity (Wildman–Crippen MR) is 131 cm³/mol. The third-order valence-electron chi connectivity index (χ3n) is 4.06. The van der Waals surface area contributed by atoms with Crippen molar-refractivity contribution in [1.82, 2.24) is 0 Å². The van der Waals surface area contributed by atoms with Crippen molar-refractivity contribution in [2.24, 2.45) is 0 Å².